The Morgan fingerprint density at radius 1 is 0.878 bits per heavy atom. The van der Waals surface area contributed by atoms with Crippen molar-refractivity contribution < 1.29 is 58.5 Å². The molecule has 7 N–H and O–H groups in total. The van der Waals surface area contributed by atoms with Crippen LogP contribution in [0.5, 0.6) is 5.75 Å². The molecule has 15 heteroatoms. The molecule has 2 fully saturated rings. The predicted octanol–water partition coefficient (Wildman–Crippen LogP) is -2.61. The summed E-state index contributed by atoms with van der Waals surface area (Å²) in [6.45, 7) is 2.71. The van der Waals surface area contributed by atoms with Gasteiger partial charge in [0.15, 0.2) is 6.29 Å². The summed E-state index contributed by atoms with van der Waals surface area (Å²) in [5.41, 5.74) is 0.362. The number of hydrogen-bond acceptors (Lipinski definition) is 13. The number of fused-ring (bicyclic) bond motifs is 1. The van der Waals surface area contributed by atoms with E-state index in [1.165, 1.54) is 19.1 Å². The summed E-state index contributed by atoms with van der Waals surface area (Å²) in [6, 6.07) is 3.41. The highest BCUT2D eigenvalue weighted by molar-refractivity contribution is 5.81. The van der Waals surface area contributed by atoms with Gasteiger partial charge in [-0.3, -0.25) is 9.59 Å². The van der Waals surface area contributed by atoms with E-state index in [-0.39, 0.29) is 11.3 Å². The molecule has 4 rings (SSSR count). The van der Waals surface area contributed by atoms with Crippen LogP contribution in [0, 0.1) is 6.92 Å². The number of benzene rings is 1. The fraction of sp³-hybridized carbons (Fsp3) is 0.577. The molecule has 0 aliphatic carbocycles. The van der Waals surface area contributed by atoms with E-state index >= 15 is 0 Å². The number of hydrogen-bond donors (Lipinski definition) is 7. The van der Waals surface area contributed by atoms with Crippen LogP contribution in [-0.4, -0.2) is 112 Å². The molecule has 3 heterocycles. The van der Waals surface area contributed by atoms with Crippen LogP contribution in [-0.2, 0) is 23.8 Å². The first kappa shape index (κ1) is 30.8. The highest BCUT2D eigenvalue weighted by Crippen LogP contribution is 2.31. The molecule has 0 unspecified atom stereocenters. The van der Waals surface area contributed by atoms with E-state index in [0.29, 0.717) is 10.9 Å². The highest BCUT2D eigenvalue weighted by atomic mass is 16.7. The van der Waals surface area contributed by atoms with Gasteiger partial charge in [-0.05, 0) is 24.6 Å². The molecule has 0 saturated carbocycles. The van der Waals surface area contributed by atoms with Gasteiger partial charge < -0.3 is 59.5 Å². The van der Waals surface area contributed by atoms with E-state index in [4.69, 9.17) is 23.4 Å². The Morgan fingerprint density at radius 3 is 2.10 bits per heavy atom. The van der Waals surface area contributed by atoms with Crippen LogP contribution in [0.25, 0.3) is 11.0 Å². The fourth-order valence-electron chi connectivity index (χ4n) is 4.98. The minimum atomic E-state index is -1.62. The Hall–Kier alpha value is -3.15. The number of aliphatic hydroxyl groups excluding tert-OH is 5. The number of nitrogens with one attached hydrogen (secondary N) is 2. The lowest BCUT2D eigenvalue weighted by Crippen LogP contribution is -2.69. The van der Waals surface area contributed by atoms with Gasteiger partial charge in [-0.25, -0.2) is 4.79 Å². The number of rotatable bonds is 8. The number of carbonyl (C=O) groups excluding carboxylic acids is 2. The van der Waals surface area contributed by atoms with Crippen LogP contribution in [0.2, 0.25) is 0 Å². The van der Waals surface area contributed by atoms with Crippen LogP contribution in [0.3, 0.4) is 0 Å². The Labute approximate surface area is 233 Å². The second kappa shape index (κ2) is 12.8. The van der Waals surface area contributed by atoms with Gasteiger partial charge in [0.05, 0.1) is 13.2 Å². The van der Waals surface area contributed by atoms with E-state index < -0.39 is 91.9 Å². The van der Waals surface area contributed by atoms with Crippen molar-refractivity contribution in [3.05, 3.63) is 40.2 Å². The Morgan fingerprint density at radius 2 is 1.49 bits per heavy atom. The predicted molar refractivity (Wildman–Crippen MR) is 137 cm³/mol. The maximum absolute atomic E-state index is 12.1. The lowest BCUT2D eigenvalue weighted by Gasteiger charge is -2.48. The number of amides is 2. The molecule has 226 valence electrons. The molecule has 0 bridgehead atoms. The molecule has 10 atom stereocenters. The van der Waals surface area contributed by atoms with Crippen molar-refractivity contribution in [3.8, 4) is 5.75 Å². The minimum Gasteiger partial charge on any atom is -0.462 e. The number of aliphatic hydroxyl groups is 5. The summed E-state index contributed by atoms with van der Waals surface area (Å²) in [5.74, 6) is -0.985. The molecule has 41 heavy (non-hydrogen) atoms. The van der Waals surface area contributed by atoms with Crippen molar-refractivity contribution in [3.63, 3.8) is 0 Å². The zero-order valence-electron chi connectivity index (χ0n) is 22.5. The summed E-state index contributed by atoms with van der Waals surface area (Å²) in [5, 5.41) is 57.5. The monoisotopic (exact) mass is 582 g/mol. The molecule has 1 aromatic carbocycles. The van der Waals surface area contributed by atoms with Crippen LogP contribution in [0.1, 0.15) is 19.4 Å². The average molecular weight is 583 g/mol. The highest BCUT2D eigenvalue weighted by Gasteiger charge is 2.52. The molecular formula is C26H34N2O13. The van der Waals surface area contributed by atoms with Gasteiger partial charge in [0.25, 0.3) is 0 Å². The van der Waals surface area contributed by atoms with Gasteiger partial charge in [-0.2, -0.15) is 0 Å². The van der Waals surface area contributed by atoms with E-state index in [9.17, 15) is 39.9 Å². The molecule has 2 amide bonds. The zero-order valence-corrected chi connectivity index (χ0v) is 22.5. The van der Waals surface area contributed by atoms with E-state index in [1.807, 2.05) is 0 Å². The second-order valence-corrected chi connectivity index (χ2v) is 10.0. The van der Waals surface area contributed by atoms with Gasteiger partial charge in [0.1, 0.15) is 60.0 Å². The van der Waals surface area contributed by atoms with Crippen LogP contribution in [0.4, 0.5) is 0 Å². The summed E-state index contributed by atoms with van der Waals surface area (Å²) >= 11 is 0. The number of ether oxygens (including phenoxy) is 4. The van der Waals surface area contributed by atoms with Crippen LogP contribution in [0.15, 0.2) is 33.5 Å². The van der Waals surface area contributed by atoms with Crippen molar-refractivity contribution >= 4 is 22.8 Å². The van der Waals surface area contributed by atoms with Crippen molar-refractivity contribution in [2.24, 2.45) is 0 Å². The third-order valence-electron chi connectivity index (χ3n) is 6.94. The maximum Gasteiger partial charge on any atom is 0.336 e. The first-order chi connectivity index (χ1) is 19.4. The third kappa shape index (κ3) is 6.68. The van der Waals surface area contributed by atoms with Crippen molar-refractivity contribution in [1.29, 1.82) is 0 Å². The molecule has 2 aliphatic heterocycles. The minimum absolute atomic E-state index is 0.166. The van der Waals surface area contributed by atoms with Crippen molar-refractivity contribution in [2.75, 3.05) is 13.2 Å². The van der Waals surface area contributed by atoms with Gasteiger partial charge in [0, 0.05) is 31.4 Å². The largest absolute Gasteiger partial charge is 0.462 e. The standard InChI is InChI=1S/C26H34N2O13/c1-10-6-18(33)38-15-7-13(4-5-14(10)15)37-25-20(28-12(3)32)23(36)24(17(9-30)40-25)41-26-19(27-11(2)31)22(35)21(34)16(8-29)39-26/h4-7,16-17,19-26,29-30,34-36H,8-9H2,1-3H3,(H,27,31)(H,28,32)/t16-,17+,19+,20-,21-,22+,23+,24-,25+,26+/m1/s1. The quantitative estimate of drug-likeness (QED) is 0.159. The topological polar surface area (TPSA) is 226 Å². The summed E-state index contributed by atoms with van der Waals surface area (Å²) in [4.78, 5) is 35.7. The molecule has 2 aliphatic rings. The normalized spacial score (nSPS) is 33.8. The van der Waals surface area contributed by atoms with Gasteiger partial charge in [-0.15, -0.1) is 0 Å². The number of aryl methyl sites for hydroxylation is 1. The fourth-order valence-corrected chi connectivity index (χ4v) is 4.98. The molecule has 15 nitrogen and oxygen atoms in total. The molecular weight excluding hydrogens is 548 g/mol. The van der Waals surface area contributed by atoms with Gasteiger partial charge in [-0.1, -0.05) is 0 Å². The van der Waals surface area contributed by atoms with Crippen molar-refractivity contribution in [2.45, 2.75) is 82.1 Å². The van der Waals surface area contributed by atoms with E-state index in [2.05, 4.69) is 10.6 Å². The van der Waals surface area contributed by atoms with Crippen LogP contribution >= 0.6 is 0 Å². The Kier molecular flexibility index (Phi) is 9.61. The molecule has 2 aromatic rings. The third-order valence-corrected chi connectivity index (χ3v) is 6.94. The Balaban J connectivity index is 1.61. The molecule has 0 radical (unpaired) electrons. The molecule has 2 saturated heterocycles. The van der Waals surface area contributed by atoms with Gasteiger partial charge >= 0.3 is 5.63 Å². The summed E-state index contributed by atoms with van der Waals surface area (Å²) < 4.78 is 28.5. The SMILES string of the molecule is CC(=O)N[C@@H]1[C@H](O[C@H]2[C@@H](O)[C@@H](NC(C)=O)[C@@H](Oc3ccc4c(C)cc(=O)oc4c3)O[C@H]2CO)O[C@H](CO)[C@@H](O)[C@H]1O. The van der Waals surface area contributed by atoms with E-state index in [1.54, 1.807) is 19.1 Å². The summed E-state index contributed by atoms with van der Waals surface area (Å²) in [6.07, 6.45) is -11.7. The molecule has 0 spiro atoms. The first-order valence-corrected chi connectivity index (χ1v) is 12.9. The smallest absolute Gasteiger partial charge is 0.336 e. The summed E-state index contributed by atoms with van der Waals surface area (Å²) in [7, 11) is 0. The average Bonchev–Trinajstić information content (AvgIpc) is 2.90. The van der Waals surface area contributed by atoms with E-state index in [0.717, 1.165) is 6.92 Å². The second-order valence-electron chi connectivity index (χ2n) is 10.0. The van der Waals surface area contributed by atoms with Crippen LogP contribution < -0.4 is 21.0 Å². The van der Waals surface area contributed by atoms with Crippen molar-refractivity contribution in [1.82, 2.24) is 10.6 Å². The lowest BCUT2D eigenvalue weighted by molar-refractivity contribution is -0.325. The zero-order chi connectivity index (χ0) is 30.0. The first-order valence-electron chi connectivity index (χ1n) is 12.9. The van der Waals surface area contributed by atoms with Gasteiger partial charge in [0.2, 0.25) is 18.1 Å². The number of carbonyl (C=O) groups is 2. The Bertz CT molecular complexity index is 1300. The maximum atomic E-state index is 12.1. The molecule has 1 aromatic heterocycles. The lowest BCUT2D eigenvalue weighted by atomic mass is 9.94.